The summed E-state index contributed by atoms with van der Waals surface area (Å²) >= 11 is 0. The maximum Gasteiger partial charge on any atom is 0.248 e. The van der Waals surface area contributed by atoms with Crippen LogP contribution in [-0.2, 0) is 6.42 Å². The van der Waals surface area contributed by atoms with Crippen LogP contribution in [0.1, 0.15) is 30.1 Å². The van der Waals surface area contributed by atoms with Gasteiger partial charge < -0.3 is 20.5 Å². The zero-order chi connectivity index (χ0) is 12.3. The first-order valence-corrected chi connectivity index (χ1v) is 5.95. The van der Waals surface area contributed by atoms with Gasteiger partial charge in [-0.2, -0.15) is 0 Å². The van der Waals surface area contributed by atoms with Gasteiger partial charge in [-0.1, -0.05) is 6.07 Å². The van der Waals surface area contributed by atoms with Gasteiger partial charge in [-0.05, 0) is 24.8 Å². The molecule has 5 heteroatoms. The van der Waals surface area contributed by atoms with Crippen molar-refractivity contribution in [3.8, 4) is 0 Å². The highest BCUT2D eigenvalue weighted by Gasteiger charge is 2.20. The number of rotatable bonds is 4. The highest BCUT2D eigenvalue weighted by molar-refractivity contribution is 5.26. The molecule has 0 amide bonds. The molecule has 0 spiro atoms. The van der Waals surface area contributed by atoms with Gasteiger partial charge in [-0.15, -0.1) is 0 Å². The van der Waals surface area contributed by atoms with E-state index in [9.17, 15) is 9.90 Å². The van der Waals surface area contributed by atoms with Crippen LogP contribution >= 0.6 is 0 Å². The second kappa shape index (κ2) is 5.44. The van der Waals surface area contributed by atoms with Crippen molar-refractivity contribution in [2.24, 2.45) is 0 Å². The van der Waals surface area contributed by atoms with Crippen LogP contribution in [0.25, 0.3) is 0 Å². The Balaban J connectivity index is 2.09. The molecule has 0 aromatic carbocycles. The van der Waals surface area contributed by atoms with Gasteiger partial charge in [0.25, 0.3) is 0 Å². The Hall–Kier alpha value is -1.17. The van der Waals surface area contributed by atoms with Gasteiger partial charge >= 0.3 is 0 Å². The Morgan fingerprint density at radius 1 is 1.53 bits per heavy atom. The van der Waals surface area contributed by atoms with Crippen molar-refractivity contribution < 1.29 is 10.2 Å². The molecule has 0 saturated carbocycles. The molecule has 1 heterocycles. The number of hydrogen-bond donors (Lipinski definition) is 4. The lowest BCUT2D eigenvalue weighted by molar-refractivity contribution is 0.0912. The van der Waals surface area contributed by atoms with Gasteiger partial charge in [0.05, 0.1) is 12.7 Å². The molecule has 4 N–H and O–H groups in total. The molecule has 2 rings (SSSR count). The second-order valence-electron chi connectivity index (χ2n) is 4.45. The number of hydrogen-bond acceptors (Lipinski definition) is 4. The molecule has 0 bridgehead atoms. The minimum absolute atomic E-state index is 0.0696. The van der Waals surface area contributed by atoms with E-state index >= 15 is 0 Å². The van der Waals surface area contributed by atoms with E-state index in [0.29, 0.717) is 6.54 Å². The van der Waals surface area contributed by atoms with E-state index in [2.05, 4.69) is 10.3 Å². The number of aliphatic hydroxyl groups excluding tert-OH is 2. The maximum absolute atomic E-state index is 11.2. The predicted octanol–water partition coefficient (Wildman–Crippen LogP) is -0.305. The van der Waals surface area contributed by atoms with Crippen LogP contribution in [0.3, 0.4) is 0 Å². The van der Waals surface area contributed by atoms with E-state index in [1.54, 1.807) is 0 Å². The fraction of sp³-hybridized carbons (Fsp3) is 0.583. The summed E-state index contributed by atoms with van der Waals surface area (Å²) in [7, 11) is 0. The van der Waals surface area contributed by atoms with Gasteiger partial charge in [0.1, 0.15) is 0 Å². The number of pyridine rings is 1. The largest absolute Gasteiger partial charge is 0.394 e. The van der Waals surface area contributed by atoms with Crippen LogP contribution in [0.5, 0.6) is 0 Å². The fourth-order valence-corrected chi connectivity index (χ4v) is 2.26. The van der Waals surface area contributed by atoms with Crippen LogP contribution in [0, 0.1) is 0 Å². The summed E-state index contributed by atoms with van der Waals surface area (Å²) in [5.74, 6) is 0. The summed E-state index contributed by atoms with van der Waals surface area (Å²) < 4.78 is 0. The topological polar surface area (TPSA) is 85.4 Å². The summed E-state index contributed by atoms with van der Waals surface area (Å²) in [4.78, 5) is 14.1. The molecule has 1 aliphatic carbocycles. The van der Waals surface area contributed by atoms with E-state index in [-0.39, 0.29) is 18.2 Å². The van der Waals surface area contributed by atoms with Crippen molar-refractivity contribution in [2.75, 3.05) is 13.2 Å². The molecule has 5 nitrogen and oxygen atoms in total. The average molecular weight is 238 g/mol. The minimum atomic E-state index is -0.733. The summed E-state index contributed by atoms with van der Waals surface area (Å²) in [5.41, 5.74) is 2.01. The molecule has 1 aliphatic rings. The molecule has 1 aromatic heterocycles. The summed E-state index contributed by atoms with van der Waals surface area (Å²) in [6, 6.07) is 3.52. The first-order chi connectivity index (χ1) is 8.20. The lowest BCUT2D eigenvalue weighted by Crippen LogP contribution is -2.34. The Kier molecular flexibility index (Phi) is 3.93. The highest BCUT2D eigenvalue weighted by atomic mass is 16.3. The summed E-state index contributed by atoms with van der Waals surface area (Å²) in [5, 5.41) is 21.3. The third-order valence-electron chi connectivity index (χ3n) is 3.14. The molecule has 1 aromatic rings. The van der Waals surface area contributed by atoms with E-state index in [1.165, 1.54) is 6.07 Å². The molecule has 0 aliphatic heterocycles. The van der Waals surface area contributed by atoms with Crippen LogP contribution in [0.15, 0.2) is 16.9 Å². The molecule has 94 valence electrons. The van der Waals surface area contributed by atoms with Crippen molar-refractivity contribution in [3.63, 3.8) is 0 Å². The normalized spacial score (nSPS) is 20.9. The SMILES string of the molecule is O=c1ccc2c([nH]1)CCCC2NCC(O)CO. The second-order valence-corrected chi connectivity index (χ2v) is 4.45. The Morgan fingerprint density at radius 3 is 3.12 bits per heavy atom. The highest BCUT2D eigenvalue weighted by Crippen LogP contribution is 2.27. The number of aromatic amines is 1. The lowest BCUT2D eigenvalue weighted by atomic mass is 9.91. The number of aromatic nitrogens is 1. The molecular weight excluding hydrogens is 220 g/mol. The minimum Gasteiger partial charge on any atom is -0.394 e. The van der Waals surface area contributed by atoms with Gasteiger partial charge in [-0.25, -0.2) is 0 Å². The van der Waals surface area contributed by atoms with E-state index in [1.807, 2.05) is 6.07 Å². The Bertz CT molecular complexity index is 430. The predicted molar refractivity (Wildman–Crippen MR) is 63.8 cm³/mol. The average Bonchev–Trinajstić information content (AvgIpc) is 2.35. The smallest absolute Gasteiger partial charge is 0.248 e. The molecule has 2 atom stereocenters. The molecule has 0 saturated heterocycles. The Morgan fingerprint density at radius 2 is 2.35 bits per heavy atom. The summed E-state index contributed by atoms with van der Waals surface area (Å²) in [6.45, 7) is 0.123. The molecule has 0 fully saturated rings. The van der Waals surface area contributed by atoms with Gasteiger partial charge in [0.2, 0.25) is 5.56 Å². The fourth-order valence-electron chi connectivity index (χ4n) is 2.26. The summed E-state index contributed by atoms with van der Waals surface area (Å²) in [6.07, 6.45) is 2.16. The third kappa shape index (κ3) is 2.94. The molecular formula is C12H18N2O3. The molecule has 2 unspecified atom stereocenters. The van der Waals surface area contributed by atoms with Crippen molar-refractivity contribution in [1.29, 1.82) is 0 Å². The zero-order valence-corrected chi connectivity index (χ0v) is 9.65. The number of aryl methyl sites for hydroxylation is 1. The van der Waals surface area contributed by atoms with Crippen molar-refractivity contribution in [2.45, 2.75) is 31.4 Å². The van der Waals surface area contributed by atoms with Crippen LogP contribution in [0.2, 0.25) is 0 Å². The number of nitrogens with one attached hydrogen (secondary N) is 2. The third-order valence-corrected chi connectivity index (χ3v) is 3.14. The number of H-pyrrole nitrogens is 1. The number of fused-ring (bicyclic) bond motifs is 1. The quantitative estimate of drug-likeness (QED) is 0.580. The Labute approximate surface area is 99.5 Å². The van der Waals surface area contributed by atoms with Crippen molar-refractivity contribution in [1.82, 2.24) is 10.3 Å². The van der Waals surface area contributed by atoms with Crippen LogP contribution < -0.4 is 10.9 Å². The van der Waals surface area contributed by atoms with Gasteiger partial charge in [0.15, 0.2) is 0 Å². The van der Waals surface area contributed by atoms with Crippen LogP contribution in [0.4, 0.5) is 0 Å². The monoisotopic (exact) mass is 238 g/mol. The van der Waals surface area contributed by atoms with Crippen LogP contribution in [-0.4, -0.2) is 34.5 Å². The zero-order valence-electron chi connectivity index (χ0n) is 9.65. The molecule has 0 radical (unpaired) electrons. The van der Waals surface area contributed by atoms with E-state index in [4.69, 9.17) is 5.11 Å². The van der Waals surface area contributed by atoms with Crippen molar-refractivity contribution >= 4 is 0 Å². The first kappa shape index (κ1) is 12.3. The van der Waals surface area contributed by atoms with Gasteiger partial charge in [-0.3, -0.25) is 4.79 Å². The van der Waals surface area contributed by atoms with E-state index in [0.717, 1.165) is 30.5 Å². The van der Waals surface area contributed by atoms with Crippen molar-refractivity contribution in [3.05, 3.63) is 33.7 Å². The van der Waals surface area contributed by atoms with Gasteiger partial charge in [0, 0.05) is 24.3 Å². The lowest BCUT2D eigenvalue weighted by Gasteiger charge is -2.26. The van der Waals surface area contributed by atoms with E-state index < -0.39 is 6.10 Å². The maximum atomic E-state index is 11.2. The number of aliphatic hydroxyl groups is 2. The standard InChI is InChI=1S/C12H18N2O3/c15-7-8(16)6-13-10-2-1-3-11-9(10)4-5-12(17)14-11/h4-5,8,10,13,15-16H,1-3,6-7H2,(H,14,17). The molecule has 17 heavy (non-hydrogen) atoms. The first-order valence-electron chi connectivity index (χ1n) is 5.95.